The van der Waals surface area contributed by atoms with E-state index in [-0.39, 0.29) is 18.5 Å². The van der Waals surface area contributed by atoms with Crippen LogP contribution in [0.3, 0.4) is 0 Å². The molecule has 1 aliphatic rings. The van der Waals surface area contributed by atoms with Crippen LogP contribution in [-0.2, 0) is 17.5 Å². The Morgan fingerprint density at radius 3 is 2.81 bits per heavy atom. The highest BCUT2D eigenvalue weighted by atomic mass is 32.1. The summed E-state index contributed by atoms with van der Waals surface area (Å²) in [5, 5.41) is 7.22. The molecule has 2 rings (SSSR count). The number of piperidine rings is 1. The van der Waals surface area contributed by atoms with Crippen molar-refractivity contribution in [3.63, 3.8) is 0 Å². The van der Waals surface area contributed by atoms with Crippen LogP contribution >= 0.6 is 11.3 Å². The molecule has 6 nitrogen and oxygen atoms in total. The second-order valence-corrected chi connectivity index (χ2v) is 7.10. The summed E-state index contributed by atoms with van der Waals surface area (Å²) in [6, 6.07) is 0.279. The van der Waals surface area contributed by atoms with E-state index in [1.165, 1.54) is 0 Å². The lowest BCUT2D eigenvalue weighted by molar-refractivity contribution is -0.140. The third-order valence-electron chi connectivity index (χ3n) is 4.23. The average Bonchev–Trinajstić information content (AvgIpc) is 3.07. The van der Waals surface area contributed by atoms with Crippen LogP contribution in [-0.4, -0.2) is 47.9 Å². The van der Waals surface area contributed by atoms with Crippen molar-refractivity contribution in [1.29, 1.82) is 0 Å². The quantitative estimate of drug-likeness (QED) is 0.598. The predicted molar refractivity (Wildman–Crippen MR) is 95.0 cm³/mol. The Hall–Kier alpha value is -1.84. The Kier molecular flexibility index (Phi) is 7.24. The SMILES string of the molecule is CN=C(NCCC(=O)N1CCCCC1C)NCc1nc(C(F)(F)F)cs1. The Balaban J connectivity index is 1.74. The molecule has 0 aromatic carbocycles. The van der Waals surface area contributed by atoms with E-state index in [2.05, 4.69) is 27.5 Å². The molecular formula is C16H24F3N5OS. The summed E-state index contributed by atoms with van der Waals surface area (Å²) in [7, 11) is 1.56. The van der Waals surface area contributed by atoms with Gasteiger partial charge < -0.3 is 15.5 Å². The molecule has 0 radical (unpaired) electrons. The number of halogens is 3. The number of carbonyl (C=O) groups is 1. The van der Waals surface area contributed by atoms with Gasteiger partial charge in [0.1, 0.15) is 5.01 Å². The number of hydrogen-bond donors (Lipinski definition) is 2. The number of aliphatic imine (C=N–C) groups is 1. The fraction of sp³-hybridized carbons (Fsp3) is 0.688. The second kappa shape index (κ2) is 9.20. The van der Waals surface area contributed by atoms with Crippen molar-refractivity contribution in [3.8, 4) is 0 Å². The molecule has 0 aliphatic carbocycles. The maximum absolute atomic E-state index is 12.5. The van der Waals surface area contributed by atoms with Crippen molar-refractivity contribution in [2.24, 2.45) is 4.99 Å². The van der Waals surface area contributed by atoms with Crippen molar-refractivity contribution in [2.75, 3.05) is 20.1 Å². The van der Waals surface area contributed by atoms with Gasteiger partial charge in [0.25, 0.3) is 0 Å². The minimum atomic E-state index is -4.43. The molecule has 146 valence electrons. The van der Waals surface area contributed by atoms with E-state index in [0.29, 0.717) is 23.9 Å². The number of nitrogens with one attached hydrogen (secondary N) is 2. The van der Waals surface area contributed by atoms with Crippen molar-refractivity contribution in [3.05, 3.63) is 16.1 Å². The largest absolute Gasteiger partial charge is 0.434 e. The summed E-state index contributed by atoms with van der Waals surface area (Å²) in [5.74, 6) is 0.531. The molecule has 1 fully saturated rings. The van der Waals surface area contributed by atoms with Gasteiger partial charge in [0.15, 0.2) is 11.7 Å². The van der Waals surface area contributed by atoms with Gasteiger partial charge in [-0.1, -0.05) is 0 Å². The highest BCUT2D eigenvalue weighted by Gasteiger charge is 2.33. The predicted octanol–water partition coefficient (Wildman–Crippen LogP) is 2.62. The van der Waals surface area contributed by atoms with Crippen LogP contribution in [0.25, 0.3) is 0 Å². The number of thiazole rings is 1. The lowest BCUT2D eigenvalue weighted by Gasteiger charge is -2.33. The van der Waals surface area contributed by atoms with Crippen molar-refractivity contribution < 1.29 is 18.0 Å². The lowest BCUT2D eigenvalue weighted by Crippen LogP contribution is -2.44. The van der Waals surface area contributed by atoms with Crippen LogP contribution in [0.5, 0.6) is 0 Å². The first-order valence-electron chi connectivity index (χ1n) is 8.57. The van der Waals surface area contributed by atoms with Crippen LogP contribution in [0.4, 0.5) is 13.2 Å². The lowest BCUT2D eigenvalue weighted by atomic mass is 10.0. The molecule has 10 heteroatoms. The Morgan fingerprint density at radius 2 is 2.19 bits per heavy atom. The number of alkyl halides is 3. The number of likely N-dealkylation sites (tertiary alicyclic amines) is 1. The zero-order chi connectivity index (χ0) is 19.2. The van der Waals surface area contributed by atoms with Crippen LogP contribution in [0.2, 0.25) is 0 Å². The average molecular weight is 391 g/mol. The van der Waals surface area contributed by atoms with Crippen LogP contribution in [0.15, 0.2) is 10.4 Å². The molecule has 2 N–H and O–H groups in total. The number of aromatic nitrogens is 1. The molecule has 1 aromatic rings. The zero-order valence-corrected chi connectivity index (χ0v) is 15.7. The first kappa shape index (κ1) is 20.5. The van der Waals surface area contributed by atoms with Gasteiger partial charge in [0.2, 0.25) is 5.91 Å². The number of rotatable bonds is 5. The van der Waals surface area contributed by atoms with E-state index >= 15 is 0 Å². The van der Waals surface area contributed by atoms with Crippen LogP contribution in [0.1, 0.15) is 43.3 Å². The number of amides is 1. The summed E-state index contributed by atoms with van der Waals surface area (Å²) in [4.78, 5) is 21.7. The molecule has 1 amide bonds. The first-order valence-corrected chi connectivity index (χ1v) is 9.45. The summed E-state index contributed by atoms with van der Waals surface area (Å²) >= 11 is 0.939. The molecule has 1 atom stereocenters. The molecule has 0 saturated carbocycles. The summed E-state index contributed by atoms with van der Waals surface area (Å²) in [6.45, 7) is 3.41. The summed E-state index contributed by atoms with van der Waals surface area (Å²) in [5.41, 5.74) is -0.886. The van der Waals surface area contributed by atoms with Gasteiger partial charge in [0.05, 0.1) is 6.54 Å². The minimum Gasteiger partial charge on any atom is -0.356 e. The highest BCUT2D eigenvalue weighted by Crippen LogP contribution is 2.29. The zero-order valence-electron chi connectivity index (χ0n) is 14.9. The number of nitrogens with zero attached hydrogens (tertiary/aromatic N) is 3. The Bertz CT molecular complexity index is 632. The van der Waals surface area contributed by atoms with E-state index in [9.17, 15) is 18.0 Å². The van der Waals surface area contributed by atoms with Gasteiger partial charge >= 0.3 is 6.18 Å². The van der Waals surface area contributed by atoms with Gasteiger partial charge in [0, 0.05) is 38.0 Å². The van der Waals surface area contributed by atoms with Gasteiger partial charge in [-0.3, -0.25) is 9.79 Å². The number of guanidine groups is 1. The van der Waals surface area contributed by atoms with E-state index in [0.717, 1.165) is 42.5 Å². The molecule has 1 saturated heterocycles. The maximum atomic E-state index is 12.5. The second-order valence-electron chi connectivity index (χ2n) is 6.16. The van der Waals surface area contributed by atoms with Crippen molar-refractivity contribution in [2.45, 2.75) is 51.4 Å². The van der Waals surface area contributed by atoms with Gasteiger partial charge in [-0.25, -0.2) is 4.98 Å². The summed E-state index contributed by atoms with van der Waals surface area (Å²) in [6.07, 6.45) is -0.843. The maximum Gasteiger partial charge on any atom is 0.434 e. The first-order chi connectivity index (χ1) is 12.3. The normalized spacial score (nSPS) is 18.7. The van der Waals surface area contributed by atoms with Crippen LogP contribution in [0, 0.1) is 0 Å². The number of hydrogen-bond acceptors (Lipinski definition) is 4. The van der Waals surface area contributed by atoms with E-state index in [4.69, 9.17) is 0 Å². The highest BCUT2D eigenvalue weighted by molar-refractivity contribution is 7.09. The third-order valence-corrected chi connectivity index (χ3v) is 5.08. The topological polar surface area (TPSA) is 69.6 Å². The van der Waals surface area contributed by atoms with Gasteiger partial charge in [-0.15, -0.1) is 11.3 Å². The molecule has 1 aliphatic heterocycles. The molecular weight excluding hydrogens is 367 g/mol. The monoisotopic (exact) mass is 391 g/mol. The molecule has 26 heavy (non-hydrogen) atoms. The number of carbonyl (C=O) groups excluding carboxylic acids is 1. The smallest absolute Gasteiger partial charge is 0.356 e. The molecule has 0 bridgehead atoms. The third kappa shape index (κ3) is 5.86. The fourth-order valence-electron chi connectivity index (χ4n) is 2.80. The van der Waals surface area contributed by atoms with Gasteiger partial charge in [-0.2, -0.15) is 13.2 Å². The molecule has 1 unspecified atom stereocenters. The molecule has 1 aromatic heterocycles. The molecule has 2 heterocycles. The Morgan fingerprint density at radius 1 is 1.42 bits per heavy atom. The van der Waals surface area contributed by atoms with E-state index < -0.39 is 11.9 Å². The van der Waals surface area contributed by atoms with Crippen LogP contribution < -0.4 is 10.6 Å². The minimum absolute atomic E-state index is 0.106. The van der Waals surface area contributed by atoms with E-state index in [1.807, 2.05) is 4.90 Å². The fourth-order valence-corrected chi connectivity index (χ4v) is 3.54. The summed E-state index contributed by atoms with van der Waals surface area (Å²) < 4.78 is 37.6. The van der Waals surface area contributed by atoms with Crippen molar-refractivity contribution in [1.82, 2.24) is 20.5 Å². The standard InChI is InChI=1S/C16H24F3N5OS/c1-11-5-3-4-8-24(11)14(25)6-7-21-15(20-2)22-9-13-23-12(10-26-13)16(17,18)19/h10-11H,3-9H2,1-2H3,(H2,20,21,22). The van der Waals surface area contributed by atoms with E-state index in [1.54, 1.807) is 7.05 Å². The Labute approximate surface area is 154 Å². The van der Waals surface area contributed by atoms with Crippen molar-refractivity contribution >= 4 is 23.2 Å². The molecule has 0 spiro atoms. The van der Waals surface area contributed by atoms with Gasteiger partial charge in [-0.05, 0) is 26.2 Å².